The van der Waals surface area contributed by atoms with Crippen LogP contribution in [-0.2, 0) is 0 Å². The quantitative estimate of drug-likeness (QED) is 0.581. The molecule has 1 aromatic carbocycles. The molecule has 1 unspecified atom stereocenters. The molecule has 0 saturated heterocycles. The molecule has 0 aliphatic rings. The fourth-order valence-corrected chi connectivity index (χ4v) is 2.22. The van der Waals surface area contributed by atoms with Gasteiger partial charge in [-0.15, -0.1) is 0 Å². The van der Waals surface area contributed by atoms with E-state index in [-0.39, 0.29) is 33.0 Å². The van der Waals surface area contributed by atoms with Crippen molar-refractivity contribution in [3.05, 3.63) is 17.7 Å². The summed E-state index contributed by atoms with van der Waals surface area (Å²) in [5, 5.41) is 0. The van der Waals surface area contributed by atoms with E-state index in [2.05, 4.69) is 0 Å². The van der Waals surface area contributed by atoms with E-state index in [1.807, 2.05) is 6.92 Å². The van der Waals surface area contributed by atoms with Crippen LogP contribution < -0.4 is 14.2 Å². The molecule has 6 heteroatoms. The van der Waals surface area contributed by atoms with E-state index in [9.17, 15) is 4.79 Å². The molecule has 0 aliphatic heterocycles. The van der Waals surface area contributed by atoms with Crippen molar-refractivity contribution in [3.63, 3.8) is 0 Å². The zero-order valence-corrected chi connectivity index (χ0v) is 11.5. The monoisotopic (exact) mass is 264 g/mol. The predicted molar refractivity (Wildman–Crippen MR) is 76.4 cm³/mol. The van der Waals surface area contributed by atoms with Crippen molar-refractivity contribution in [1.29, 1.82) is 0 Å². The first-order chi connectivity index (χ1) is 8.17. The van der Waals surface area contributed by atoms with E-state index < -0.39 is 0 Å². The Morgan fingerprint density at radius 3 is 1.94 bits per heavy atom. The van der Waals surface area contributed by atoms with Crippen molar-refractivity contribution in [2.75, 3.05) is 27.5 Å². The summed E-state index contributed by atoms with van der Waals surface area (Å²) >= 11 is 0. The van der Waals surface area contributed by atoms with Gasteiger partial charge in [-0.3, -0.25) is 4.79 Å². The summed E-state index contributed by atoms with van der Waals surface area (Å²) in [5.74, 6) is 1.59. The maximum atomic E-state index is 12.0. The second kappa shape index (κ2) is 8.42. The Hall–Kier alpha value is -0.683. The summed E-state index contributed by atoms with van der Waals surface area (Å²) in [6, 6.07) is 3.38. The van der Waals surface area contributed by atoms with Gasteiger partial charge in [0.1, 0.15) is 22.8 Å². The molecule has 4 nitrogen and oxygen atoms in total. The molecule has 0 aromatic heterocycles. The zero-order chi connectivity index (χ0) is 12.8. The molecule has 0 aliphatic carbocycles. The van der Waals surface area contributed by atoms with Gasteiger partial charge in [-0.05, 0) is 14.7 Å². The second-order valence-electron chi connectivity index (χ2n) is 3.27. The van der Waals surface area contributed by atoms with Gasteiger partial charge in [0.15, 0.2) is 5.52 Å². The molecule has 0 heterocycles. The van der Waals surface area contributed by atoms with Crippen molar-refractivity contribution in [2.24, 2.45) is 0 Å². The van der Waals surface area contributed by atoms with Crippen molar-refractivity contribution >= 4 is 33.0 Å². The molecular formula is C12H18LiO4P. The Morgan fingerprint density at radius 2 is 1.61 bits per heavy atom. The van der Waals surface area contributed by atoms with Crippen molar-refractivity contribution in [3.8, 4) is 17.2 Å². The molecule has 0 fully saturated rings. The Bertz CT molecular complexity index is 384. The Balaban J connectivity index is 0.00000289. The molecule has 0 radical (unpaired) electrons. The van der Waals surface area contributed by atoms with Crippen LogP contribution in [0.25, 0.3) is 0 Å². The van der Waals surface area contributed by atoms with Crippen LogP contribution in [0.5, 0.6) is 17.2 Å². The molecule has 0 N–H and O–H groups in total. The van der Waals surface area contributed by atoms with Crippen molar-refractivity contribution in [1.82, 2.24) is 0 Å². The van der Waals surface area contributed by atoms with Crippen LogP contribution in [0.4, 0.5) is 0 Å². The molecule has 0 saturated carbocycles. The molecule has 1 aromatic rings. The number of hydrogen-bond donors (Lipinski definition) is 0. The SMILES string of the molecule is CCPC(=O)c1c(OC)cc(OC)cc1OC.[LiH]. The number of benzene rings is 1. The maximum absolute atomic E-state index is 12.0. The van der Waals surface area contributed by atoms with Gasteiger partial charge in [0, 0.05) is 12.1 Å². The molecule has 0 bridgehead atoms. The Morgan fingerprint density at radius 1 is 1.11 bits per heavy atom. The number of rotatable bonds is 6. The Kier molecular flexibility index (Phi) is 8.11. The first-order valence-corrected chi connectivity index (χ1v) is 6.46. The van der Waals surface area contributed by atoms with Gasteiger partial charge >= 0.3 is 18.9 Å². The minimum atomic E-state index is 0. The molecular weight excluding hydrogens is 246 g/mol. The summed E-state index contributed by atoms with van der Waals surface area (Å²) in [5.41, 5.74) is 0.542. The fraction of sp³-hybridized carbons (Fsp3) is 0.417. The molecule has 0 amide bonds. The van der Waals surface area contributed by atoms with Gasteiger partial charge in [0.2, 0.25) is 0 Å². The summed E-state index contributed by atoms with van der Waals surface area (Å²) in [4.78, 5) is 12.0. The minimum absolute atomic E-state index is 0. The number of ether oxygens (including phenoxy) is 3. The third-order valence-corrected chi connectivity index (χ3v) is 3.20. The number of hydrogen-bond acceptors (Lipinski definition) is 4. The second-order valence-corrected chi connectivity index (χ2v) is 4.78. The average molecular weight is 264 g/mol. The van der Waals surface area contributed by atoms with Crippen LogP contribution in [0, 0.1) is 0 Å². The summed E-state index contributed by atoms with van der Waals surface area (Å²) in [6.07, 6.45) is 0.817. The van der Waals surface area contributed by atoms with Gasteiger partial charge in [-0.25, -0.2) is 0 Å². The van der Waals surface area contributed by atoms with Crippen LogP contribution >= 0.6 is 8.58 Å². The van der Waals surface area contributed by atoms with Gasteiger partial charge in [0.25, 0.3) is 0 Å². The van der Waals surface area contributed by atoms with Crippen LogP contribution in [0.3, 0.4) is 0 Å². The van der Waals surface area contributed by atoms with E-state index >= 15 is 0 Å². The van der Waals surface area contributed by atoms with E-state index in [0.29, 0.717) is 22.8 Å². The first-order valence-electron chi connectivity index (χ1n) is 5.26. The number of carbonyl (C=O) groups excluding carboxylic acids is 1. The van der Waals surface area contributed by atoms with Crippen molar-refractivity contribution < 1.29 is 19.0 Å². The number of carbonyl (C=O) groups is 1. The standard InChI is InChI=1S/C12H17O4P.Li.H/c1-5-17-12(13)11-9(15-3)6-8(14-2)7-10(11)16-4;;/h6-7,17H,5H2,1-4H3;;. The zero-order valence-electron chi connectivity index (χ0n) is 10.5. The van der Waals surface area contributed by atoms with Gasteiger partial charge in [-0.1, -0.05) is 6.92 Å². The van der Waals surface area contributed by atoms with Crippen LogP contribution in [0.15, 0.2) is 12.1 Å². The average Bonchev–Trinajstić information content (AvgIpc) is 2.37. The summed E-state index contributed by atoms with van der Waals surface area (Å²) in [6.45, 7) is 1.97. The molecule has 96 valence electrons. The molecule has 0 spiro atoms. The molecule has 1 rings (SSSR count). The third kappa shape index (κ3) is 3.92. The van der Waals surface area contributed by atoms with E-state index in [1.54, 1.807) is 19.2 Å². The fourth-order valence-electron chi connectivity index (χ4n) is 1.48. The van der Waals surface area contributed by atoms with Gasteiger partial charge in [0.05, 0.1) is 21.3 Å². The van der Waals surface area contributed by atoms with Gasteiger partial charge in [-0.2, -0.15) is 0 Å². The summed E-state index contributed by atoms with van der Waals surface area (Å²) < 4.78 is 15.6. The predicted octanol–water partition coefficient (Wildman–Crippen LogP) is 1.90. The van der Waals surface area contributed by atoms with Gasteiger partial charge < -0.3 is 14.2 Å². The molecule has 18 heavy (non-hydrogen) atoms. The Labute approximate surface area is 121 Å². The first kappa shape index (κ1) is 17.3. The number of methoxy groups -OCH3 is 3. The van der Waals surface area contributed by atoms with Crippen molar-refractivity contribution in [2.45, 2.75) is 6.92 Å². The normalized spacial score (nSPS) is 10.0. The van der Waals surface area contributed by atoms with E-state index in [1.165, 1.54) is 14.2 Å². The van der Waals surface area contributed by atoms with Crippen LogP contribution in [0.1, 0.15) is 17.3 Å². The molecule has 1 atom stereocenters. The summed E-state index contributed by atoms with van der Waals surface area (Å²) in [7, 11) is 4.84. The van der Waals surface area contributed by atoms with Crippen LogP contribution in [0.2, 0.25) is 0 Å². The topological polar surface area (TPSA) is 44.8 Å². The third-order valence-electron chi connectivity index (χ3n) is 2.28. The van der Waals surface area contributed by atoms with Crippen LogP contribution in [-0.4, -0.2) is 51.9 Å². The van der Waals surface area contributed by atoms with E-state index in [4.69, 9.17) is 14.2 Å². The van der Waals surface area contributed by atoms with E-state index in [0.717, 1.165) is 6.16 Å².